The molecule has 140 valence electrons. The Bertz CT molecular complexity index is 322. The highest BCUT2D eigenvalue weighted by Gasteiger charge is 2.15. The molecular weight excluding hydrogens is 298 g/mol. The first kappa shape index (κ1) is 21.2. The number of ether oxygens (including phenoxy) is 1. The van der Waals surface area contributed by atoms with Gasteiger partial charge in [-0.2, -0.15) is 0 Å². The molecule has 0 N–H and O–H groups in total. The molecule has 0 spiro atoms. The zero-order valence-corrected chi connectivity index (χ0v) is 15.9. The number of hydrogen-bond donors (Lipinski definition) is 0. The van der Waals surface area contributed by atoms with Crippen molar-refractivity contribution in [1.82, 2.24) is 4.90 Å². The second-order valence-corrected chi connectivity index (χ2v) is 6.99. The van der Waals surface area contributed by atoms with Crippen molar-refractivity contribution in [3.05, 3.63) is 12.2 Å². The average molecular weight is 338 g/mol. The highest BCUT2D eigenvalue weighted by atomic mass is 16.5. The van der Waals surface area contributed by atoms with Crippen molar-refractivity contribution in [3.63, 3.8) is 0 Å². The van der Waals surface area contributed by atoms with Crippen LogP contribution in [0.4, 0.5) is 0 Å². The third-order valence-electron chi connectivity index (χ3n) is 4.86. The largest absolute Gasteiger partial charge is 0.378 e. The molecule has 1 saturated heterocycles. The van der Waals surface area contributed by atoms with Crippen LogP contribution in [0.2, 0.25) is 0 Å². The normalized spacial score (nSPS) is 15.3. The van der Waals surface area contributed by atoms with Crippen molar-refractivity contribution in [3.8, 4) is 0 Å². The molecule has 0 atom stereocenters. The fourth-order valence-electron chi connectivity index (χ4n) is 3.27. The summed E-state index contributed by atoms with van der Waals surface area (Å²) >= 11 is 0. The minimum atomic E-state index is 0.327. The van der Waals surface area contributed by atoms with Crippen LogP contribution < -0.4 is 0 Å². The number of carbonyl (C=O) groups is 1. The van der Waals surface area contributed by atoms with Crippen molar-refractivity contribution >= 4 is 5.91 Å². The van der Waals surface area contributed by atoms with Gasteiger partial charge in [0.1, 0.15) is 0 Å². The summed E-state index contributed by atoms with van der Waals surface area (Å²) in [6.45, 7) is 5.09. The highest BCUT2D eigenvalue weighted by Crippen LogP contribution is 2.13. The summed E-state index contributed by atoms with van der Waals surface area (Å²) in [6, 6.07) is 0. The van der Waals surface area contributed by atoms with Gasteiger partial charge >= 0.3 is 0 Å². The van der Waals surface area contributed by atoms with Gasteiger partial charge in [-0.1, -0.05) is 69.9 Å². The van der Waals surface area contributed by atoms with Gasteiger partial charge in [0.2, 0.25) is 5.91 Å². The second kappa shape index (κ2) is 15.7. The molecule has 0 bridgehead atoms. The molecule has 1 aliphatic rings. The lowest BCUT2D eigenvalue weighted by Crippen LogP contribution is -2.40. The Labute approximate surface area is 149 Å². The van der Waals surface area contributed by atoms with Gasteiger partial charge < -0.3 is 9.64 Å². The standard InChI is InChI=1S/C21H39NO2/c1-2-3-4-5-6-7-8-9-10-11-12-13-14-15-16-21(23)22-17-19-24-20-18-22/h2-3H,4-20H2,1H3/b3-2+. The smallest absolute Gasteiger partial charge is 0.222 e. The van der Waals surface area contributed by atoms with Crippen LogP contribution in [0.25, 0.3) is 0 Å². The van der Waals surface area contributed by atoms with Crippen molar-refractivity contribution in [2.75, 3.05) is 26.3 Å². The molecule has 3 heteroatoms. The van der Waals surface area contributed by atoms with Crippen molar-refractivity contribution < 1.29 is 9.53 Å². The molecular formula is C21H39NO2. The van der Waals surface area contributed by atoms with E-state index in [1.807, 2.05) is 4.90 Å². The minimum Gasteiger partial charge on any atom is -0.378 e. The highest BCUT2D eigenvalue weighted by molar-refractivity contribution is 5.76. The van der Waals surface area contributed by atoms with E-state index < -0.39 is 0 Å². The van der Waals surface area contributed by atoms with Gasteiger partial charge in [-0.15, -0.1) is 0 Å². The molecule has 0 unspecified atom stereocenters. The number of rotatable bonds is 14. The van der Waals surface area contributed by atoms with Crippen LogP contribution in [0, 0.1) is 0 Å². The number of nitrogens with zero attached hydrogens (tertiary/aromatic N) is 1. The number of carbonyl (C=O) groups excluding carboxylic acids is 1. The Kier molecular flexibility index (Phi) is 13.9. The predicted octanol–water partition coefficient (Wildman–Crippen LogP) is 5.49. The third kappa shape index (κ3) is 11.7. The molecule has 0 aliphatic carbocycles. The molecule has 1 aliphatic heterocycles. The summed E-state index contributed by atoms with van der Waals surface area (Å²) in [5.74, 6) is 0.327. The summed E-state index contributed by atoms with van der Waals surface area (Å²) in [6.07, 6.45) is 21.0. The Morgan fingerprint density at radius 3 is 1.88 bits per heavy atom. The van der Waals surface area contributed by atoms with Gasteiger partial charge in [-0.25, -0.2) is 0 Å². The molecule has 1 amide bonds. The zero-order chi connectivity index (χ0) is 17.3. The summed E-state index contributed by atoms with van der Waals surface area (Å²) in [4.78, 5) is 13.9. The zero-order valence-electron chi connectivity index (χ0n) is 15.9. The predicted molar refractivity (Wildman–Crippen MR) is 102 cm³/mol. The van der Waals surface area contributed by atoms with Crippen LogP contribution in [0.1, 0.15) is 90.4 Å². The van der Waals surface area contributed by atoms with Gasteiger partial charge in [0.15, 0.2) is 0 Å². The minimum absolute atomic E-state index is 0.327. The van der Waals surface area contributed by atoms with E-state index in [0.29, 0.717) is 19.1 Å². The molecule has 24 heavy (non-hydrogen) atoms. The lowest BCUT2D eigenvalue weighted by atomic mass is 10.0. The van der Waals surface area contributed by atoms with E-state index in [1.54, 1.807) is 0 Å². The Balaban J connectivity index is 1.76. The fraction of sp³-hybridized carbons (Fsp3) is 0.857. The van der Waals surface area contributed by atoms with Crippen LogP contribution in [0.5, 0.6) is 0 Å². The summed E-state index contributed by atoms with van der Waals surface area (Å²) < 4.78 is 5.28. The number of allylic oxidation sites excluding steroid dienone is 2. The molecule has 1 rings (SSSR count). The van der Waals surface area contributed by atoms with Gasteiger partial charge in [0.25, 0.3) is 0 Å². The lowest BCUT2D eigenvalue weighted by Gasteiger charge is -2.26. The number of unbranched alkanes of at least 4 members (excludes halogenated alkanes) is 11. The van der Waals surface area contributed by atoms with E-state index >= 15 is 0 Å². The first-order valence-electron chi connectivity index (χ1n) is 10.3. The van der Waals surface area contributed by atoms with Crippen molar-refractivity contribution in [2.24, 2.45) is 0 Å². The van der Waals surface area contributed by atoms with E-state index in [9.17, 15) is 4.79 Å². The third-order valence-corrected chi connectivity index (χ3v) is 4.86. The van der Waals surface area contributed by atoms with E-state index in [1.165, 1.54) is 70.6 Å². The fourth-order valence-corrected chi connectivity index (χ4v) is 3.27. The average Bonchev–Trinajstić information content (AvgIpc) is 2.62. The van der Waals surface area contributed by atoms with Gasteiger partial charge in [-0.3, -0.25) is 4.79 Å². The van der Waals surface area contributed by atoms with Crippen molar-refractivity contribution in [2.45, 2.75) is 90.4 Å². The topological polar surface area (TPSA) is 29.5 Å². The maximum absolute atomic E-state index is 12.0. The van der Waals surface area contributed by atoms with Crippen LogP contribution in [0.3, 0.4) is 0 Å². The SMILES string of the molecule is C/C=C/CCCCCCCCCCCCCC(=O)N1CCOCC1. The molecule has 0 radical (unpaired) electrons. The second-order valence-electron chi connectivity index (χ2n) is 6.99. The summed E-state index contributed by atoms with van der Waals surface area (Å²) in [5.41, 5.74) is 0. The molecule has 0 aromatic rings. The number of amides is 1. The van der Waals surface area contributed by atoms with Gasteiger partial charge in [-0.05, 0) is 26.2 Å². The van der Waals surface area contributed by atoms with E-state index in [2.05, 4.69) is 19.1 Å². The number of hydrogen-bond acceptors (Lipinski definition) is 2. The summed E-state index contributed by atoms with van der Waals surface area (Å²) in [7, 11) is 0. The van der Waals surface area contributed by atoms with Crippen LogP contribution in [0.15, 0.2) is 12.2 Å². The lowest BCUT2D eigenvalue weighted by molar-refractivity contribution is -0.135. The molecule has 1 heterocycles. The van der Waals surface area contributed by atoms with Gasteiger partial charge in [0, 0.05) is 19.5 Å². The van der Waals surface area contributed by atoms with Crippen LogP contribution >= 0.6 is 0 Å². The van der Waals surface area contributed by atoms with E-state index in [-0.39, 0.29) is 0 Å². The molecule has 1 fully saturated rings. The Hall–Kier alpha value is -0.830. The number of morpholine rings is 1. The van der Waals surface area contributed by atoms with Crippen LogP contribution in [-0.2, 0) is 9.53 Å². The first-order valence-corrected chi connectivity index (χ1v) is 10.3. The quantitative estimate of drug-likeness (QED) is 0.310. The molecule has 3 nitrogen and oxygen atoms in total. The Morgan fingerprint density at radius 2 is 1.33 bits per heavy atom. The Morgan fingerprint density at radius 1 is 0.833 bits per heavy atom. The van der Waals surface area contributed by atoms with Gasteiger partial charge in [0.05, 0.1) is 13.2 Å². The maximum atomic E-state index is 12.0. The monoisotopic (exact) mass is 337 g/mol. The first-order chi connectivity index (χ1) is 11.8. The van der Waals surface area contributed by atoms with E-state index in [0.717, 1.165) is 25.9 Å². The molecule has 0 saturated carbocycles. The van der Waals surface area contributed by atoms with Crippen LogP contribution in [-0.4, -0.2) is 37.1 Å². The molecule has 0 aromatic heterocycles. The van der Waals surface area contributed by atoms with E-state index in [4.69, 9.17) is 4.74 Å². The molecule has 0 aromatic carbocycles. The maximum Gasteiger partial charge on any atom is 0.222 e. The summed E-state index contributed by atoms with van der Waals surface area (Å²) in [5, 5.41) is 0. The van der Waals surface area contributed by atoms with Crippen molar-refractivity contribution in [1.29, 1.82) is 0 Å².